The van der Waals surface area contributed by atoms with Gasteiger partial charge < -0.3 is 10.1 Å². The van der Waals surface area contributed by atoms with E-state index in [4.69, 9.17) is 5.11 Å². The van der Waals surface area contributed by atoms with Gasteiger partial charge in [-0.3, -0.25) is 16.1 Å². The first-order chi connectivity index (χ1) is 12.6. The van der Waals surface area contributed by atoms with Crippen LogP contribution in [0.4, 0.5) is 0 Å². The average molecular weight is 553 g/mol. The Hall–Kier alpha value is -2.33. The van der Waals surface area contributed by atoms with Crippen LogP contribution in [0.25, 0.3) is 32.1 Å². The Morgan fingerprint density at radius 1 is 1.04 bits per heavy atom. The molecule has 27 heavy (non-hydrogen) atoms. The topological polar surface area (TPSA) is 50.2 Å². The molecule has 0 saturated carbocycles. The minimum atomic E-state index is -0.125. The summed E-state index contributed by atoms with van der Waals surface area (Å²) in [7, 11) is 0. The smallest absolute Gasteiger partial charge is 0.155 e. The molecule has 0 bridgehead atoms. The molecule has 0 spiro atoms. The SMILES string of the molecule is CC(=O)/C=C(/C)O.[Ir].[c-]1sc2ccccc2c1-c1nccc2ccccc12. The number of pyridine rings is 1. The molecule has 139 valence electrons. The molecule has 0 unspecified atom stereocenters. The fraction of sp³-hybridized carbons (Fsp3) is 0.0909. The zero-order valence-corrected chi connectivity index (χ0v) is 18.1. The molecule has 2 aromatic heterocycles. The van der Waals surface area contributed by atoms with Gasteiger partial charge in [-0.15, -0.1) is 17.0 Å². The van der Waals surface area contributed by atoms with E-state index in [-0.39, 0.29) is 31.6 Å². The molecule has 0 fully saturated rings. The van der Waals surface area contributed by atoms with Gasteiger partial charge in [-0.25, -0.2) is 0 Å². The third-order valence-electron chi connectivity index (χ3n) is 3.74. The Labute approximate surface area is 175 Å². The Bertz CT molecular complexity index is 1090. The van der Waals surface area contributed by atoms with Crippen LogP contribution >= 0.6 is 11.3 Å². The van der Waals surface area contributed by atoms with Gasteiger partial charge in [0.25, 0.3) is 0 Å². The molecule has 5 heteroatoms. The van der Waals surface area contributed by atoms with Gasteiger partial charge >= 0.3 is 0 Å². The summed E-state index contributed by atoms with van der Waals surface area (Å²) in [6.07, 6.45) is 3.04. The van der Waals surface area contributed by atoms with Gasteiger partial charge in [-0.05, 0) is 36.4 Å². The maximum Gasteiger partial charge on any atom is 0.155 e. The second-order valence-corrected chi connectivity index (χ2v) is 6.70. The third kappa shape index (κ3) is 5.10. The molecule has 3 nitrogen and oxygen atoms in total. The van der Waals surface area contributed by atoms with E-state index in [1.165, 1.54) is 40.8 Å². The van der Waals surface area contributed by atoms with Crippen molar-refractivity contribution in [2.75, 3.05) is 0 Å². The van der Waals surface area contributed by atoms with Crippen LogP contribution in [0.1, 0.15) is 13.8 Å². The molecule has 1 radical (unpaired) electrons. The van der Waals surface area contributed by atoms with Crippen molar-refractivity contribution in [3.8, 4) is 11.3 Å². The van der Waals surface area contributed by atoms with Crippen molar-refractivity contribution < 1.29 is 30.0 Å². The molecule has 0 amide bonds. The fourth-order valence-electron chi connectivity index (χ4n) is 2.71. The zero-order valence-electron chi connectivity index (χ0n) is 14.9. The van der Waals surface area contributed by atoms with Crippen LogP contribution in [-0.2, 0) is 24.9 Å². The summed E-state index contributed by atoms with van der Waals surface area (Å²) in [5.41, 5.74) is 2.13. The predicted octanol–water partition coefficient (Wildman–Crippen LogP) is 5.95. The van der Waals surface area contributed by atoms with Gasteiger partial charge in [0.05, 0.1) is 5.76 Å². The first-order valence-corrected chi connectivity index (χ1v) is 8.99. The monoisotopic (exact) mass is 553 g/mol. The van der Waals surface area contributed by atoms with Crippen LogP contribution in [0.2, 0.25) is 0 Å². The number of aliphatic hydroxyl groups is 1. The number of nitrogens with zero attached hydrogens (tertiary/aromatic N) is 1. The van der Waals surface area contributed by atoms with E-state index in [9.17, 15) is 4.79 Å². The van der Waals surface area contributed by atoms with Crippen LogP contribution in [0.5, 0.6) is 0 Å². The quantitative estimate of drug-likeness (QED) is 0.190. The molecule has 0 saturated heterocycles. The molecule has 0 aliphatic carbocycles. The van der Waals surface area contributed by atoms with Crippen molar-refractivity contribution in [2.24, 2.45) is 0 Å². The van der Waals surface area contributed by atoms with Crippen molar-refractivity contribution in [3.63, 3.8) is 0 Å². The third-order valence-corrected chi connectivity index (χ3v) is 4.62. The van der Waals surface area contributed by atoms with E-state index in [0.29, 0.717) is 0 Å². The van der Waals surface area contributed by atoms with E-state index in [1.807, 2.05) is 12.3 Å². The van der Waals surface area contributed by atoms with Gasteiger partial charge in [0.15, 0.2) is 5.78 Å². The maximum atomic E-state index is 10.0. The van der Waals surface area contributed by atoms with Crippen LogP contribution in [0.15, 0.2) is 72.6 Å². The summed E-state index contributed by atoms with van der Waals surface area (Å²) in [5.74, 6) is -0.0625. The number of rotatable bonds is 2. The predicted molar refractivity (Wildman–Crippen MR) is 108 cm³/mol. The number of aliphatic hydroxyl groups excluding tert-OH is 1. The van der Waals surface area contributed by atoms with E-state index >= 15 is 0 Å². The molecule has 0 aliphatic rings. The Balaban J connectivity index is 0.000000285. The van der Waals surface area contributed by atoms with Crippen LogP contribution in [-0.4, -0.2) is 15.9 Å². The number of thiophene rings is 1. The molecule has 2 aromatic carbocycles. The maximum absolute atomic E-state index is 10.0. The molecule has 0 aliphatic heterocycles. The number of allylic oxidation sites excluding steroid dienone is 2. The van der Waals surface area contributed by atoms with Crippen molar-refractivity contribution in [1.29, 1.82) is 0 Å². The number of carbonyl (C=O) groups excluding carboxylic acids is 1. The van der Waals surface area contributed by atoms with E-state index in [1.54, 1.807) is 11.3 Å². The molecule has 4 aromatic rings. The van der Waals surface area contributed by atoms with E-state index < -0.39 is 0 Å². The van der Waals surface area contributed by atoms with Crippen molar-refractivity contribution >= 4 is 38.0 Å². The summed E-state index contributed by atoms with van der Waals surface area (Å²) >= 11 is 1.65. The first kappa shape index (κ1) is 21.0. The molecule has 0 atom stereocenters. The van der Waals surface area contributed by atoms with Gasteiger partial charge in [0.1, 0.15) is 0 Å². The summed E-state index contributed by atoms with van der Waals surface area (Å²) in [5, 5.41) is 15.4. The summed E-state index contributed by atoms with van der Waals surface area (Å²) in [6.45, 7) is 2.85. The van der Waals surface area contributed by atoms with Crippen LogP contribution < -0.4 is 0 Å². The van der Waals surface area contributed by atoms with Gasteiger partial charge in [-0.1, -0.05) is 52.5 Å². The van der Waals surface area contributed by atoms with E-state index in [2.05, 4.69) is 58.9 Å². The molecule has 4 rings (SSSR count). The Kier molecular flexibility index (Phi) is 7.43. The number of hydrogen-bond acceptors (Lipinski definition) is 4. The van der Waals surface area contributed by atoms with Gasteiger partial charge in [0, 0.05) is 32.4 Å². The summed E-state index contributed by atoms with van der Waals surface area (Å²) in [4.78, 5) is 14.6. The van der Waals surface area contributed by atoms with Gasteiger partial charge in [-0.2, -0.15) is 0 Å². The fourth-order valence-corrected chi connectivity index (χ4v) is 3.56. The second kappa shape index (κ2) is 9.56. The minimum absolute atomic E-state index is 0. The standard InChI is InChI=1S/C17H10NS.C5H8O2.Ir/c1-2-6-13-12(5-1)9-10-18-17(13)15-11-19-16-8-4-3-7-14(15)16;1-4(6)3-5(2)7;/h1-10H;3,6H,1-2H3;/q-1;;/b;4-3-;. The Morgan fingerprint density at radius 3 is 2.37 bits per heavy atom. The summed E-state index contributed by atoms with van der Waals surface area (Å²) in [6, 6.07) is 18.8. The van der Waals surface area contributed by atoms with Crippen LogP contribution in [0.3, 0.4) is 0 Å². The molecular weight excluding hydrogens is 535 g/mol. The normalized spacial score (nSPS) is 10.8. The first-order valence-electron chi connectivity index (χ1n) is 8.17. The van der Waals surface area contributed by atoms with Crippen LogP contribution in [0, 0.1) is 5.38 Å². The summed E-state index contributed by atoms with van der Waals surface area (Å²) < 4.78 is 1.26. The minimum Gasteiger partial charge on any atom is -0.512 e. The van der Waals surface area contributed by atoms with Gasteiger partial charge in [0.2, 0.25) is 0 Å². The zero-order chi connectivity index (χ0) is 18.5. The molecule has 2 heterocycles. The second-order valence-electron chi connectivity index (χ2n) is 5.85. The number of carbonyl (C=O) groups is 1. The van der Waals surface area contributed by atoms with Crippen molar-refractivity contribution in [1.82, 2.24) is 4.98 Å². The largest absolute Gasteiger partial charge is 0.512 e. The number of ketones is 1. The van der Waals surface area contributed by atoms with Crippen molar-refractivity contribution in [3.05, 3.63) is 78.0 Å². The van der Waals surface area contributed by atoms with E-state index in [0.717, 1.165) is 11.3 Å². The number of fused-ring (bicyclic) bond motifs is 2. The number of benzene rings is 2. The molecule has 1 N–H and O–H groups in total. The molecular formula is C22H18IrNO2S-. The Morgan fingerprint density at radius 2 is 1.70 bits per heavy atom. The van der Waals surface area contributed by atoms with Crippen molar-refractivity contribution in [2.45, 2.75) is 13.8 Å². The number of aromatic nitrogens is 1. The average Bonchev–Trinajstić information content (AvgIpc) is 3.04. The number of hydrogen-bond donors (Lipinski definition) is 1.